The number of carbonyl (C=O) groups is 4. The van der Waals surface area contributed by atoms with Crippen LogP contribution in [0.4, 0.5) is 15.8 Å². The number of phenols is 1. The average Bonchev–Trinajstić information content (AvgIpc) is 3.36. The van der Waals surface area contributed by atoms with Crippen molar-refractivity contribution in [3.8, 4) is 5.75 Å². The minimum Gasteiger partial charge on any atom is -0.508 e. The summed E-state index contributed by atoms with van der Waals surface area (Å²) >= 11 is 14.6. The number of alkyl halides is 2. The first kappa shape index (κ1) is 29.7. The van der Waals surface area contributed by atoms with Crippen molar-refractivity contribution in [1.82, 2.24) is 0 Å². The van der Waals surface area contributed by atoms with Crippen LogP contribution in [0.2, 0.25) is 0 Å². The van der Waals surface area contributed by atoms with Crippen LogP contribution in [0, 0.1) is 23.6 Å². The SMILES string of the molecule is O=C1C2CC=C3C(CC4(Cl)C(=O)N(c5ccc(F)cc5)C(=O)C4(Cl)C3c3ccc(O)cc3)C2C(=O)N1c1cccc(B(O)O)c1. The highest BCUT2D eigenvalue weighted by molar-refractivity contribution is 6.59. The molecule has 7 rings (SSSR count). The highest BCUT2D eigenvalue weighted by atomic mass is 35.5. The minimum atomic E-state index is -2.08. The highest BCUT2D eigenvalue weighted by Gasteiger charge is 2.76. The van der Waals surface area contributed by atoms with Gasteiger partial charge in [0.25, 0.3) is 11.8 Å². The first-order valence-electron chi connectivity index (χ1n) is 14.2. The fourth-order valence-electron chi connectivity index (χ4n) is 7.52. The number of aromatic hydroxyl groups is 1. The number of allylic oxidation sites excluding steroid dienone is 2. The first-order valence-corrected chi connectivity index (χ1v) is 15.0. The second kappa shape index (κ2) is 10.2. The molecule has 1 saturated carbocycles. The Morgan fingerprint density at radius 2 is 1.51 bits per heavy atom. The van der Waals surface area contributed by atoms with E-state index in [0.717, 1.165) is 21.9 Å². The molecule has 3 aromatic carbocycles. The average molecular weight is 649 g/mol. The third-order valence-electron chi connectivity index (χ3n) is 9.55. The quantitative estimate of drug-likeness (QED) is 0.171. The lowest BCUT2D eigenvalue weighted by atomic mass is 9.56. The van der Waals surface area contributed by atoms with Gasteiger partial charge in [-0.05, 0) is 78.3 Å². The maximum absolute atomic E-state index is 14.3. The predicted molar refractivity (Wildman–Crippen MR) is 163 cm³/mol. The molecule has 4 aliphatic rings. The first-order chi connectivity index (χ1) is 21.4. The number of rotatable bonds is 4. The lowest BCUT2D eigenvalue weighted by Gasteiger charge is -2.50. The van der Waals surface area contributed by atoms with Crippen molar-refractivity contribution >= 4 is 70.8 Å². The molecule has 2 saturated heterocycles. The number of hydrogen-bond donors (Lipinski definition) is 3. The van der Waals surface area contributed by atoms with E-state index in [4.69, 9.17) is 23.2 Å². The van der Waals surface area contributed by atoms with Gasteiger partial charge in [-0.1, -0.05) is 35.9 Å². The number of hydrogen-bond acceptors (Lipinski definition) is 7. The van der Waals surface area contributed by atoms with E-state index in [0.29, 0.717) is 11.1 Å². The number of benzene rings is 3. The van der Waals surface area contributed by atoms with E-state index in [1.165, 1.54) is 48.5 Å². The molecule has 3 fully saturated rings. The number of fused-ring (bicyclic) bond motifs is 4. The van der Waals surface area contributed by atoms with E-state index in [-0.39, 0.29) is 35.4 Å². The third kappa shape index (κ3) is 4.07. The molecule has 0 spiro atoms. The van der Waals surface area contributed by atoms with E-state index in [1.54, 1.807) is 18.2 Å². The Kier molecular flexibility index (Phi) is 6.76. The van der Waals surface area contributed by atoms with Crippen LogP contribution in [0.5, 0.6) is 5.75 Å². The normalized spacial score (nSPS) is 30.6. The van der Waals surface area contributed by atoms with E-state index < -0.39 is 70.0 Å². The smallest absolute Gasteiger partial charge is 0.488 e. The van der Waals surface area contributed by atoms with Crippen LogP contribution in [0.15, 0.2) is 84.4 Å². The zero-order chi connectivity index (χ0) is 32.0. The molecule has 228 valence electrons. The molecule has 9 nitrogen and oxygen atoms in total. The second-order valence-corrected chi connectivity index (χ2v) is 13.1. The monoisotopic (exact) mass is 648 g/mol. The van der Waals surface area contributed by atoms with Gasteiger partial charge in [0.15, 0.2) is 9.75 Å². The summed E-state index contributed by atoms with van der Waals surface area (Å²) in [5.41, 5.74) is 1.36. The molecule has 0 bridgehead atoms. The van der Waals surface area contributed by atoms with Gasteiger partial charge in [-0.15, -0.1) is 23.2 Å². The van der Waals surface area contributed by atoms with Crippen LogP contribution in [-0.2, 0) is 19.2 Å². The minimum absolute atomic E-state index is 0.0474. The Morgan fingerprint density at radius 1 is 0.822 bits per heavy atom. The molecule has 4 amide bonds. The molecular formula is C32H24BCl2FN2O7. The molecule has 6 atom stereocenters. The van der Waals surface area contributed by atoms with Gasteiger partial charge in [0, 0.05) is 5.92 Å². The van der Waals surface area contributed by atoms with Gasteiger partial charge >= 0.3 is 7.12 Å². The molecule has 3 N–H and O–H groups in total. The largest absolute Gasteiger partial charge is 0.508 e. The topological polar surface area (TPSA) is 135 Å². The molecule has 2 aliphatic carbocycles. The van der Waals surface area contributed by atoms with Crippen molar-refractivity contribution < 1.29 is 38.7 Å². The van der Waals surface area contributed by atoms with Crippen molar-refractivity contribution in [3.63, 3.8) is 0 Å². The zero-order valence-corrected chi connectivity index (χ0v) is 24.8. The lowest BCUT2D eigenvalue weighted by Crippen LogP contribution is -2.60. The molecule has 13 heteroatoms. The van der Waals surface area contributed by atoms with Crippen LogP contribution >= 0.6 is 23.2 Å². The third-order valence-corrected chi connectivity index (χ3v) is 11.0. The van der Waals surface area contributed by atoms with E-state index in [2.05, 4.69) is 0 Å². The summed E-state index contributed by atoms with van der Waals surface area (Å²) in [4.78, 5) is 54.1. The molecular weight excluding hydrogens is 625 g/mol. The van der Waals surface area contributed by atoms with Crippen molar-refractivity contribution in [2.24, 2.45) is 17.8 Å². The van der Waals surface area contributed by atoms with Gasteiger partial charge < -0.3 is 15.2 Å². The zero-order valence-electron chi connectivity index (χ0n) is 23.3. The Bertz CT molecular complexity index is 1820. The molecule has 0 radical (unpaired) electrons. The van der Waals surface area contributed by atoms with Gasteiger partial charge in [0.1, 0.15) is 11.6 Å². The van der Waals surface area contributed by atoms with Gasteiger partial charge in [-0.25, -0.2) is 9.29 Å². The molecule has 0 aromatic heterocycles. The van der Waals surface area contributed by atoms with Crippen LogP contribution in [0.1, 0.15) is 24.3 Å². The standard InChI is InChI=1S/C32H24BCl2FN2O7/c34-31-15-24-22(12-13-23-25(24)28(41)37(27(23)40)20-3-1-2-17(14-20)33(44)45)26(16-4-10-21(39)11-5-16)32(31,35)30(43)38(29(31)42)19-8-6-18(36)7-9-19/h1-12,14,23-26,39,44-45H,13,15H2. The predicted octanol–water partition coefficient (Wildman–Crippen LogP) is 2.98. The number of phenolic OH excluding ortho intramolecular Hbond substituents is 1. The van der Waals surface area contributed by atoms with Gasteiger partial charge in [0.2, 0.25) is 11.8 Å². The van der Waals surface area contributed by atoms with Crippen molar-refractivity contribution in [2.45, 2.75) is 28.5 Å². The van der Waals surface area contributed by atoms with Crippen molar-refractivity contribution in [1.29, 1.82) is 0 Å². The Morgan fingerprint density at radius 3 is 2.18 bits per heavy atom. The number of imide groups is 2. The maximum atomic E-state index is 14.3. The summed E-state index contributed by atoms with van der Waals surface area (Å²) < 4.78 is 13.8. The summed E-state index contributed by atoms with van der Waals surface area (Å²) in [6.07, 6.45) is 1.68. The highest BCUT2D eigenvalue weighted by Crippen LogP contribution is 2.65. The van der Waals surface area contributed by atoms with E-state index in [9.17, 15) is 38.7 Å². The Labute approximate surface area is 266 Å². The number of amides is 4. The fraction of sp³-hybridized carbons (Fsp3) is 0.250. The van der Waals surface area contributed by atoms with Gasteiger partial charge in [-0.2, -0.15) is 0 Å². The van der Waals surface area contributed by atoms with Crippen LogP contribution < -0.4 is 15.3 Å². The number of carbonyl (C=O) groups excluding carboxylic acids is 4. The number of anilines is 2. The number of nitrogens with zero attached hydrogens (tertiary/aromatic N) is 2. The molecule has 2 heterocycles. The summed E-state index contributed by atoms with van der Waals surface area (Å²) in [5, 5.41) is 29.4. The lowest BCUT2D eigenvalue weighted by molar-refractivity contribution is -0.125. The number of halogens is 3. The van der Waals surface area contributed by atoms with Gasteiger partial charge in [0.05, 0.1) is 23.2 Å². The summed E-state index contributed by atoms with van der Waals surface area (Å²) in [6, 6.07) is 16.5. The summed E-state index contributed by atoms with van der Waals surface area (Å²) in [7, 11) is -1.82. The van der Waals surface area contributed by atoms with Crippen molar-refractivity contribution in [3.05, 3.63) is 95.8 Å². The molecule has 6 unspecified atom stereocenters. The maximum Gasteiger partial charge on any atom is 0.488 e. The van der Waals surface area contributed by atoms with Crippen molar-refractivity contribution in [2.75, 3.05) is 9.80 Å². The van der Waals surface area contributed by atoms with Crippen LogP contribution in [-0.4, -0.2) is 55.7 Å². The second-order valence-electron chi connectivity index (χ2n) is 11.8. The van der Waals surface area contributed by atoms with E-state index >= 15 is 0 Å². The molecule has 2 aliphatic heterocycles. The van der Waals surface area contributed by atoms with Crippen LogP contribution in [0.25, 0.3) is 0 Å². The Hall–Kier alpha value is -4.03. The van der Waals surface area contributed by atoms with Crippen LogP contribution in [0.3, 0.4) is 0 Å². The molecule has 45 heavy (non-hydrogen) atoms. The van der Waals surface area contributed by atoms with Gasteiger partial charge in [-0.3, -0.25) is 24.1 Å². The molecule has 3 aromatic rings. The summed E-state index contributed by atoms with van der Waals surface area (Å²) in [6.45, 7) is 0. The fourth-order valence-corrected chi connectivity index (χ4v) is 8.45. The van der Waals surface area contributed by atoms with E-state index in [1.807, 2.05) is 0 Å². The summed E-state index contributed by atoms with van der Waals surface area (Å²) in [5.74, 6) is -6.90. The Balaban J connectivity index is 1.37.